The Morgan fingerprint density at radius 2 is 2.12 bits per heavy atom. The van der Waals surface area contributed by atoms with Crippen LogP contribution in [0.5, 0.6) is 0 Å². The number of nitrogens with one attached hydrogen (secondary N) is 1. The molecule has 4 heteroatoms. The van der Waals surface area contributed by atoms with Crippen LogP contribution in [-0.4, -0.2) is 30.4 Å². The van der Waals surface area contributed by atoms with Gasteiger partial charge in [0.1, 0.15) is 0 Å². The molecule has 0 bridgehead atoms. The van der Waals surface area contributed by atoms with Crippen LogP contribution in [0.25, 0.3) is 0 Å². The third-order valence-corrected chi connectivity index (χ3v) is 3.00. The summed E-state index contributed by atoms with van der Waals surface area (Å²) in [5, 5.41) is 2.77. The van der Waals surface area contributed by atoms with Crippen molar-refractivity contribution >= 4 is 11.6 Å². The fourth-order valence-electron chi connectivity index (χ4n) is 2.16. The van der Waals surface area contributed by atoms with Gasteiger partial charge in [-0.3, -0.25) is 9.69 Å². The van der Waals surface area contributed by atoms with Crippen molar-refractivity contribution in [3.8, 4) is 0 Å². The predicted octanol–water partition coefficient (Wildman–Crippen LogP) is 1.18. The number of hydrogen-bond acceptors (Lipinski definition) is 3. The second-order valence-electron chi connectivity index (χ2n) is 4.44. The number of nitrogens with zero attached hydrogens (tertiary/aromatic N) is 1. The average molecular weight is 233 g/mol. The molecule has 1 aliphatic rings. The van der Waals surface area contributed by atoms with Crippen LogP contribution >= 0.6 is 0 Å². The van der Waals surface area contributed by atoms with Crippen LogP contribution in [0.1, 0.15) is 18.4 Å². The van der Waals surface area contributed by atoms with Gasteiger partial charge in [-0.1, -0.05) is 12.1 Å². The second-order valence-corrected chi connectivity index (χ2v) is 4.44. The molecule has 0 radical (unpaired) electrons. The van der Waals surface area contributed by atoms with Gasteiger partial charge in [0.15, 0.2) is 0 Å². The molecule has 17 heavy (non-hydrogen) atoms. The summed E-state index contributed by atoms with van der Waals surface area (Å²) in [6.07, 6.45) is 2.59. The number of carbonyl (C=O) groups is 1. The van der Waals surface area contributed by atoms with Crippen LogP contribution in [-0.2, 0) is 11.3 Å². The number of hydrogen-bond donors (Lipinski definition) is 2. The van der Waals surface area contributed by atoms with Gasteiger partial charge in [0.25, 0.3) is 0 Å². The van der Waals surface area contributed by atoms with E-state index in [9.17, 15) is 4.79 Å². The molecule has 1 aromatic carbocycles. The van der Waals surface area contributed by atoms with Gasteiger partial charge in [-0.25, -0.2) is 0 Å². The molecule has 3 N–H and O–H groups in total. The van der Waals surface area contributed by atoms with E-state index >= 15 is 0 Å². The molecule has 0 spiro atoms. The van der Waals surface area contributed by atoms with Gasteiger partial charge in [0.2, 0.25) is 5.91 Å². The van der Waals surface area contributed by atoms with E-state index in [1.165, 1.54) is 31.5 Å². The number of nitrogens with two attached hydrogens (primary N) is 1. The first-order valence-electron chi connectivity index (χ1n) is 6.09. The zero-order valence-electron chi connectivity index (χ0n) is 9.98. The second kappa shape index (κ2) is 5.80. The highest BCUT2D eigenvalue weighted by molar-refractivity contribution is 5.92. The Morgan fingerprint density at radius 1 is 1.35 bits per heavy atom. The Hall–Kier alpha value is -1.39. The molecule has 0 aromatic heterocycles. The third-order valence-electron chi connectivity index (χ3n) is 3.00. The molecule has 2 rings (SSSR count). The summed E-state index contributed by atoms with van der Waals surface area (Å²) >= 11 is 0. The van der Waals surface area contributed by atoms with Gasteiger partial charge >= 0.3 is 0 Å². The van der Waals surface area contributed by atoms with Crippen molar-refractivity contribution in [2.75, 3.05) is 25.0 Å². The molecular weight excluding hydrogens is 214 g/mol. The maximum absolute atomic E-state index is 11.2. The van der Waals surface area contributed by atoms with Crippen LogP contribution in [0.15, 0.2) is 24.3 Å². The Kier molecular flexibility index (Phi) is 4.12. The highest BCUT2D eigenvalue weighted by Gasteiger charge is 2.11. The van der Waals surface area contributed by atoms with E-state index in [0.717, 1.165) is 12.2 Å². The van der Waals surface area contributed by atoms with Crippen molar-refractivity contribution in [1.82, 2.24) is 4.90 Å². The Balaban J connectivity index is 1.97. The van der Waals surface area contributed by atoms with Crippen molar-refractivity contribution in [3.63, 3.8) is 0 Å². The number of amides is 1. The summed E-state index contributed by atoms with van der Waals surface area (Å²) in [5.74, 6) is -0.150. The number of carbonyl (C=O) groups excluding carboxylic acids is 1. The first-order valence-corrected chi connectivity index (χ1v) is 6.09. The van der Waals surface area contributed by atoms with Crippen molar-refractivity contribution in [1.29, 1.82) is 0 Å². The smallest absolute Gasteiger partial charge is 0.238 e. The molecule has 0 atom stereocenters. The van der Waals surface area contributed by atoms with E-state index in [0.29, 0.717) is 0 Å². The van der Waals surface area contributed by atoms with E-state index in [1.54, 1.807) is 0 Å². The summed E-state index contributed by atoms with van der Waals surface area (Å²) in [4.78, 5) is 13.6. The van der Waals surface area contributed by atoms with Crippen molar-refractivity contribution < 1.29 is 4.79 Å². The fourth-order valence-corrected chi connectivity index (χ4v) is 2.16. The zero-order chi connectivity index (χ0) is 12.1. The minimum absolute atomic E-state index is 0.0242. The molecule has 1 amide bonds. The van der Waals surface area contributed by atoms with Crippen LogP contribution in [0.4, 0.5) is 5.69 Å². The highest BCUT2D eigenvalue weighted by atomic mass is 16.1. The van der Waals surface area contributed by atoms with Crippen molar-refractivity contribution in [2.45, 2.75) is 19.4 Å². The lowest BCUT2D eigenvalue weighted by Gasteiger charge is -2.15. The Labute approximate surface area is 102 Å². The molecule has 0 unspecified atom stereocenters. The first kappa shape index (κ1) is 12.1. The molecule has 4 nitrogen and oxygen atoms in total. The lowest BCUT2D eigenvalue weighted by atomic mass is 10.2. The van der Waals surface area contributed by atoms with Crippen LogP contribution in [0.3, 0.4) is 0 Å². The third kappa shape index (κ3) is 3.54. The fraction of sp³-hybridized carbons (Fsp3) is 0.462. The molecule has 0 saturated carbocycles. The molecule has 0 aliphatic carbocycles. The monoisotopic (exact) mass is 233 g/mol. The van der Waals surface area contributed by atoms with Gasteiger partial charge < -0.3 is 11.1 Å². The summed E-state index contributed by atoms with van der Waals surface area (Å²) < 4.78 is 0. The highest BCUT2D eigenvalue weighted by Crippen LogP contribution is 2.15. The van der Waals surface area contributed by atoms with Gasteiger partial charge in [0, 0.05) is 12.2 Å². The number of anilines is 1. The minimum Gasteiger partial charge on any atom is -0.325 e. The summed E-state index contributed by atoms with van der Waals surface area (Å²) in [7, 11) is 0. The maximum Gasteiger partial charge on any atom is 0.238 e. The van der Waals surface area contributed by atoms with Gasteiger partial charge in [-0.2, -0.15) is 0 Å². The SMILES string of the molecule is NCC(=O)Nc1cccc(CN2CCCC2)c1. The molecule has 1 fully saturated rings. The molecule has 1 aromatic rings. The number of rotatable bonds is 4. The predicted molar refractivity (Wildman–Crippen MR) is 68.6 cm³/mol. The van der Waals surface area contributed by atoms with Crippen LogP contribution < -0.4 is 11.1 Å². The standard InChI is InChI=1S/C13H19N3O/c14-9-13(17)15-12-5-3-4-11(8-12)10-16-6-1-2-7-16/h3-5,8H,1-2,6-7,9-10,14H2,(H,15,17). The van der Waals surface area contributed by atoms with Crippen molar-refractivity contribution in [2.24, 2.45) is 5.73 Å². The number of likely N-dealkylation sites (tertiary alicyclic amines) is 1. The molecular formula is C13H19N3O. The quantitative estimate of drug-likeness (QED) is 0.821. The Morgan fingerprint density at radius 3 is 2.82 bits per heavy atom. The van der Waals surface area contributed by atoms with E-state index in [-0.39, 0.29) is 12.5 Å². The normalized spacial score (nSPS) is 16.1. The lowest BCUT2D eigenvalue weighted by molar-refractivity contribution is -0.114. The summed E-state index contributed by atoms with van der Waals surface area (Å²) in [6, 6.07) is 7.97. The van der Waals surface area contributed by atoms with Crippen LogP contribution in [0.2, 0.25) is 0 Å². The van der Waals surface area contributed by atoms with E-state index < -0.39 is 0 Å². The lowest BCUT2D eigenvalue weighted by Crippen LogP contribution is -2.22. The van der Waals surface area contributed by atoms with E-state index in [2.05, 4.69) is 16.3 Å². The molecule has 1 saturated heterocycles. The summed E-state index contributed by atoms with van der Waals surface area (Å²) in [6.45, 7) is 3.35. The van der Waals surface area contributed by atoms with Gasteiger partial charge in [-0.05, 0) is 43.6 Å². The van der Waals surface area contributed by atoms with Gasteiger partial charge in [-0.15, -0.1) is 0 Å². The van der Waals surface area contributed by atoms with E-state index in [1.807, 2.05) is 18.2 Å². The maximum atomic E-state index is 11.2. The minimum atomic E-state index is -0.150. The van der Waals surface area contributed by atoms with Gasteiger partial charge in [0.05, 0.1) is 6.54 Å². The first-order chi connectivity index (χ1) is 8.28. The Bertz CT molecular complexity index is 386. The molecule has 1 heterocycles. The topological polar surface area (TPSA) is 58.4 Å². The number of benzene rings is 1. The largest absolute Gasteiger partial charge is 0.325 e. The van der Waals surface area contributed by atoms with E-state index in [4.69, 9.17) is 5.73 Å². The summed E-state index contributed by atoms with van der Waals surface area (Å²) in [5.41, 5.74) is 7.34. The average Bonchev–Trinajstić information content (AvgIpc) is 2.82. The molecule has 1 aliphatic heterocycles. The van der Waals surface area contributed by atoms with Crippen molar-refractivity contribution in [3.05, 3.63) is 29.8 Å². The zero-order valence-corrected chi connectivity index (χ0v) is 9.98. The van der Waals surface area contributed by atoms with Crippen LogP contribution in [0, 0.1) is 0 Å². The molecule has 92 valence electrons.